The minimum absolute atomic E-state index is 0.00354. The van der Waals surface area contributed by atoms with Gasteiger partial charge in [0, 0.05) is 54.8 Å². The Balaban J connectivity index is 1.47. The Hall–Kier alpha value is -2.97. The Kier molecular flexibility index (Phi) is 4.91. The average Bonchev–Trinajstić information content (AvgIpc) is 2.80. The lowest BCUT2D eigenvalue weighted by Crippen LogP contribution is -2.49. The second-order valence-electron chi connectivity index (χ2n) is 8.13. The number of nitrogens with zero attached hydrogens (tertiary/aromatic N) is 3. The van der Waals surface area contributed by atoms with Crippen LogP contribution in [-0.4, -0.2) is 42.5 Å². The van der Waals surface area contributed by atoms with Crippen molar-refractivity contribution >= 4 is 10.0 Å². The van der Waals surface area contributed by atoms with Crippen molar-refractivity contribution < 1.29 is 13.2 Å². The molecule has 2 aliphatic heterocycles. The molecule has 1 aromatic carbocycles. The van der Waals surface area contributed by atoms with Crippen molar-refractivity contribution in [3.8, 4) is 16.9 Å². The Labute approximate surface area is 181 Å². The zero-order valence-corrected chi connectivity index (χ0v) is 18.0. The summed E-state index contributed by atoms with van der Waals surface area (Å²) in [5, 5.41) is 0. The summed E-state index contributed by atoms with van der Waals surface area (Å²) in [6.45, 7) is 1.30. The van der Waals surface area contributed by atoms with Crippen molar-refractivity contribution in [1.82, 2.24) is 13.9 Å². The molecule has 4 heterocycles. The van der Waals surface area contributed by atoms with Crippen LogP contribution in [0, 0.1) is 5.92 Å². The van der Waals surface area contributed by atoms with Gasteiger partial charge in [0.15, 0.2) is 0 Å². The van der Waals surface area contributed by atoms with E-state index in [4.69, 9.17) is 4.74 Å². The fraction of sp³-hybridized carbons (Fsp3) is 0.304. The quantitative estimate of drug-likeness (QED) is 0.627. The molecule has 0 amide bonds. The highest BCUT2D eigenvalue weighted by atomic mass is 32.2. The summed E-state index contributed by atoms with van der Waals surface area (Å²) in [5.41, 5.74) is 2.29. The molecular weight excluding hydrogens is 414 g/mol. The lowest BCUT2D eigenvalue weighted by atomic mass is 9.84. The first-order chi connectivity index (χ1) is 15.0. The van der Waals surface area contributed by atoms with Crippen molar-refractivity contribution in [3.05, 3.63) is 77.0 Å². The Morgan fingerprint density at radius 1 is 1.03 bits per heavy atom. The van der Waals surface area contributed by atoms with Crippen LogP contribution in [0.3, 0.4) is 0 Å². The van der Waals surface area contributed by atoms with Gasteiger partial charge >= 0.3 is 0 Å². The van der Waals surface area contributed by atoms with E-state index in [0.29, 0.717) is 30.9 Å². The third-order valence-electron chi connectivity index (χ3n) is 6.24. The lowest BCUT2D eigenvalue weighted by Gasteiger charge is -2.42. The molecule has 2 aliphatic rings. The van der Waals surface area contributed by atoms with Gasteiger partial charge in [0.25, 0.3) is 5.56 Å². The van der Waals surface area contributed by atoms with E-state index in [1.807, 2.05) is 28.8 Å². The molecule has 0 N–H and O–H groups in total. The Morgan fingerprint density at radius 3 is 2.55 bits per heavy atom. The number of ether oxygens (including phenoxy) is 1. The zero-order chi connectivity index (χ0) is 21.6. The number of pyridine rings is 2. The summed E-state index contributed by atoms with van der Waals surface area (Å²) >= 11 is 0. The van der Waals surface area contributed by atoms with Crippen LogP contribution in [-0.2, 0) is 16.6 Å². The second-order valence-corrected chi connectivity index (χ2v) is 10.1. The number of piperidine rings is 1. The highest BCUT2D eigenvalue weighted by molar-refractivity contribution is 7.89. The summed E-state index contributed by atoms with van der Waals surface area (Å²) in [5.74, 6) is 0.712. The van der Waals surface area contributed by atoms with Gasteiger partial charge in [0.05, 0.1) is 12.0 Å². The van der Waals surface area contributed by atoms with E-state index in [2.05, 4.69) is 4.98 Å². The molecule has 2 bridgehead atoms. The van der Waals surface area contributed by atoms with Crippen molar-refractivity contribution in [3.63, 3.8) is 0 Å². The second kappa shape index (κ2) is 7.62. The minimum atomic E-state index is -3.61. The fourth-order valence-corrected chi connectivity index (χ4v) is 6.30. The van der Waals surface area contributed by atoms with E-state index in [-0.39, 0.29) is 22.3 Å². The highest BCUT2D eigenvalue weighted by Gasteiger charge is 2.39. The number of methoxy groups -OCH3 is 1. The predicted molar refractivity (Wildman–Crippen MR) is 117 cm³/mol. The van der Waals surface area contributed by atoms with Gasteiger partial charge in [-0.3, -0.25) is 9.78 Å². The van der Waals surface area contributed by atoms with Crippen molar-refractivity contribution in [1.29, 1.82) is 0 Å². The van der Waals surface area contributed by atoms with Gasteiger partial charge in [-0.05, 0) is 54.8 Å². The van der Waals surface area contributed by atoms with Crippen LogP contribution in [0.1, 0.15) is 18.0 Å². The van der Waals surface area contributed by atoms with Crippen molar-refractivity contribution in [2.75, 3.05) is 20.2 Å². The van der Waals surface area contributed by atoms with Crippen molar-refractivity contribution in [2.45, 2.75) is 23.8 Å². The van der Waals surface area contributed by atoms with Crippen molar-refractivity contribution in [2.24, 2.45) is 5.92 Å². The first-order valence-electron chi connectivity index (χ1n) is 10.3. The van der Waals surface area contributed by atoms with Gasteiger partial charge in [-0.25, -0.2) is 8.42 Å². The van der Waals surface area contributed by atoms with E-state index in [9.17, 15) is 13.2 Å². The molecule has 5 rings (SSSR count). The minimum Gasteiger partial charge on any atom is -0.497 e. The molecule has 31 heavy (non-hydrogen) atoms. The first-order valence-corrected chi connectivity index (χ1v) is 11.7. The van der Waals surface area contributed by atoms with Crippen LogP contribution in [0.4, 0.5) is 0 Å². The van der Waals surface area contributed by atoms with Gasteiger partial charge in [-0.2, -0.15) is 4.31 Å². The monoisotopic (exact) mass is 437 g/mol. The van der Waals surface area contributed by atoms with E-state index in [1.165, 1.54) is 0 Å². The standard InChI is InChI=1S/C23H23N3O4S/c1-30-19-4-6-20(7-5-19)31(28,29)25-13-16-11-18(15-25)22-9-8-21(23(27)26(22)14-16)17-3-2-10-24-12-17/h2-10,12,16,18H,11,13-15H2,1H3/t16-,18-/m1/s1. The van der Waals surface area contributed by atoms with Gasteiger partial charge in [-0.1, -0.05) is 6.07 Å². The Bertz CT molecular complexity index is 1270. The number of rotatable bonds is 4. The maximum absolute atomic E-state index is 13.2. The Morgan fingerprint density at radius 2 is 1.84 bits per heavy atom. The number of hydrogen-bond donors (Lipinski definition) is 0. The SMILES string of the molecule is COc1ccc(S(=O)(=O)N2C[C@H]3C[C@H](C2)c2ccc(-c4cccnc4)c(=O)n2C3)cc1. The van der Waals surface area contributed by atoms with Gasteiger partial charge in [-0.15, -0.1) is 0 Å². The predicted octanol–water partition coefficient (Wildman–Crippen LogP) is 2.73. The molecular formula is C23H23N3O4S. The summed E-state index contributed by atoms with van der Waals surface area (Å²) in [6, 6.07) is 14.0. The normalized spacial score (nSPS) is 20.8. The summed E-state index contributed by atoms with van der Waals surface area (Å²) in [7, 11) is -2.06. The lowest BCUT2D eigenvalue weighted by molar-refractivity contribution is 0.186. The van der Waals surface area contributed by atoms with Crippen LogP contribution in [0.15, 0.2) is 70.6 Å². The van der Waals surface area contributed by atoms with Crippen LogP contribution in [0.5, 0.6) is 5.75 Å². The third-order valence-corrected chi connectivity index (χ3v) is 8.09. The maximum Gasteiger partial charge on any atom is 0.258 e. The molecule has 0 unspecified atom stereocenters. The molecule has 0 saturated carbocycles. The molecule has 2 aromatic heterocycles. The van der Waals surface area contributed by atoms with E-state index in [0.717, 1.165) is 17.7 Å². The molecule has 0 aliphatic carbocycles. The molecule has 3 aromatic rings. The van der Waals surface area contributed by atoms with Crippen LogP contribution < -0.4 is 10.3 Å². The smallest absolute Gasteiger partial charge is 0.258 e. The number of fused-ring (bicyclic) bond motifs is 4. The fourth-order valence-electron chi connectivity index (χ4n) is 4.74. The van der Waals surface area contributed by atoms with E-state index >= 15 is 0 Å². The molecule has 1 fully saturated rings. The van der Waals surface area contributed by atoms with Crippen LogP contribution in [0.25, 0.3) is 11.1 Å². The maximum atomic E-state index is 13.2. The molecule has 0 spiro atoms. The van der Waals surface area contributed by atoms with Gasteiger partial charge in [0.2, 0.25) is 10.0 Å². The molecule has 1 saturated heterocycles. The van der Waals surface area contributed by atoms with Crippen LogP contribution >= 0.6 is 0 Å². The first kappa shape index (κ1) is 20.0. The number of sulfonamides is 1. The van der Waals surface area contributed by atoms with Gasteiger partial charge < -0.3 is 9.30 Å². The largest absolute Gasteiger partial charge is 0.497 e. The molecule has 2 atom stereocenters. The number of hydrogen-bond acceptors (Lipinski definition) is 5. The summed E-state index contributed by atoms with van der Waals surface area (Å²) in [6.07, 6.45) is 4.26. The zero-order valence-electron chi connectivity index (χ0n) is 17.1. The number of benzene rings is 1. The molecule has 7 nitrogen and oxygen atoms in total. The summed E-state index contributed by atoms with van der Waals surface area (Å²) in [4.78, 5) is 17.6. The number of aromatic nitrogens is 2. The van der Waals surface area contributed by atoms with E-state index in [1.54, 1.807) is 48.1 Å². The van der Waals surface area contributed by atoms with Crippen LogP contribution in [0.2, 0.25) is 0 Å². The highest BCUT2D eigenvalue weighted by Crippen LogP contribution is 2.37. The molecule has 160 valence electrons. The van der Waals surface area contributed by atoms with E-state index < -0.39 is 10.0 Å². The topological polar surface area (TPSA) is 81.5 Å². The average molecular weight is 438 g/mol. The van der Waals surface area contributed by atoms with Gasteiger partial charge in [0.1, 0.15) is 5.75 Å². The summed E-state index contributed by atoms with van der Waals surface area (Å²) < 4.78 is 35.0. The molecule has 0 radical (unpaired) electrons. The molecule has 8 heteroatoms. The third kappa shape index (κ3) is 3.45.